The molecule has 0 rings (SSSR count). The van der Waals surface area contributed by atoms with E-state index in [4.69, 9.17) is 0 Å². The highest BCUT2D eigenvalue weighted by Crippen LogP contribution is 2.20. The van der Waals surface area contributed by atoms with Crippen LogP contribution in [-0.2, 0) is 0 Å². The van der Waals surface area contributed by atoms with Crippen LogP contribution in [0.1, 0.15) is 34.6 Å². The molecule has 0 radical (unpaired) electrons. The van der Waals surface area contributed by atoms with E-state index in [0.29, 0.717) is 5.41 Å². The summed E-state index contributed by atoms with van der Waals surface area (Å²) < 4.78 is 2.49. The first-order valence-electron chi connectivity index (χ1n) is 3.92. The quantitative estimate of drug-likeness (QED) is 0.515. The molecule has 0 nitrogen and oxygen atoms in total. The van der Waals surface area contributed by atoms with E-state index in [9.17, 15) is 0 Å². The molecule has 1 heteroatoms. The van der Waals surface area contributed by atoms with Gasteiger partial charge in [0.15, 0.2) is 0 Å². The minimum atomic E-state index is 0.242. The molecular formula is C8H18Mg. The molecular weight excluding hydrogens is 120 g/mol. The van der Waals surface area contributed by atoms with Crippen LogP contribution in [-0.4, -0.2) is 20.4 Å². The second-order valence-corrected chi connectivity index (χ2v) is 7.20. The summed E-state index contributed by atoms with van der Waals surface area (Å²) in [6, 6.07) is 0. The highest BCUT2D eigenvalue weighted by molar-refractivity contribution is 6.37. The van der Waals surface area contributed by atoms with Gasteiger partial charge < -0.3 is 0 Å². The highest BCUT2D eigenvalue weighted by atomic mass is 24.5. The Morgan fingerprint density at radius 2 is 1.67 bits per heavy atom. The van der Waals surface area contributed by atoms with Gasteiger partial charge >= 0.3 is 20.4 Å². The topological polar surface area (TPSA) is 0 Å². The van der Waals surface area contributed by atoms with Crippen molar-refractivity contribution >= 4 is 20.4 Å². The van der Waals surface area contributed by atoms with Gasteiger partial charge in [-0.1, -0.05) is 40.0 Å². The zero-order chi connectivity index (χ0) is 7.49. The lowest BCUT2D eigenvalue weighted by molar-refractivity contribution is 0.465. The SMILES string of the molecule is C[CH](C)[Mg][CH2]C(C)(C)C. The fourth-order valence-electron chi connectivity index (χ4n) is 0.722. The standard InChI is InChI=1S/C5H11.C3H7.Mg/c1-5(2,3)4;1-3-2;/h1H2,2-4H3;3H,1-2H3;. The molecule has 52 valence electrons. The molecule has 0 N–H and O–H groups in total. The first-order chi connectivity index (χ1) is 3.92. The van der Waals surface area contributed by atoms with Crippen LogP contribution < -0.4 is 0 Å². The molecule has 0 fully saturated rings. The summed E-state index contributed by atoms with van der Waals surface area (Å²) in [5, 5.41) is 0. The second kappa shape index (κ2) is 3.82. The molecule has 0 bridgehead atoms. The maximum Gasteiger partial charge on any atom is 0.368 e. The van der Waals surface area contributed by atoms with Crippen molar-refractivity contribution in [2.24, 2.45) is 5.41 Å². The number of rotatable bonds is 2. The summed E-state index contributed by atoms with van der Waals surface area (Å²) in [5.74, 6) is 0. The molecule has 0 amide bonds. The van der Waals surface area contributed by atoms with Crippen LogP contribution in [0.2, 0.25) is 8.60 Å². The molecule has 0 aliphatic rings. The van der Waals surface area contributed by atoms with Gasteiger partial charge in [-0.3, -0.25) is 0 Å². The fraction of sp³-hybridized carbons (Fsp3) is 1.00. The van der Waals surface area contributed by atoms with Crippen LogP contribution in [0.15, 0.2) is 0 Å². The van der Waals surface area contributed by atoms with Crippen molar-refractivity contribution in [3.05, 3.63) is 0 Å². The van der Waals surface area contributed by atoms with E-state index in [1.807, 2.05) is 0 Å². The molecule has 0 unspecified atom stereocenters. The van der Waals surface area contributed by atoms with E-state index in [1.165, 1.54) is 4.55 Å². The molecule has 0 saturated carbocycles. The second-order valence-electron chi connectivity index (χ2n) is 4.49. The van der Waals surface area contributed by atoms with E-state index in [0.717, 1.165) is 4.05 Å². The zero-order valence-corrected chi connectivity index (χ0v) is 8.91. The van der Waals surface area contributed by atoms with Crippen molar-refractivity contribution in [3.63, 3.8) is 0 Å². The van der Waals surface area contributed by atoms with Gasteiger partial charge in [-0.2, -0.15) is 0 Å². The van der Waals surface area contributed by atoms with Crippen molar-refractivity contribution < 1.29 is 0 Å². The Morgan fingerprint density at radius 1 is 1.22 bits per heavy atom. The van der Waals surface area contributed by atoms with Gasteiger partial charge in [0, 0.05) is 0 Å². The molecule has 0 aliphatic carbocycles. The van der Waals surface area contributed by atoms with E-state index >= 15 is 0 Å². The monoisotopic (exact) mass is 138 g/mol. The van der Waals surface area contributed by atoms with E-state index in [-0.39, 0.29) is 20.4 Å². The van der Waals surface area contributed by atoms with Gasteiger partial charge in [0.2, 0.25) is 0 Å². The lowest BCUT2D eigenvalue weighted by Crippen LogP contribution is -2.09. The maximum atomic E-state index is 2.35. The summed E-state index contributed by atoms with van der Waals surface area (Å²) in [7, 11) is 0. The van der Waals surface area contributed by atoms with Crippen molar-refractivity contribution in [2.45, 2.75) is 43.2 Å². The van der Waals surface area contributed by atoms with Crippen LogP contribution in [0.5, 0.6) is 0 Å². The zero-order valence-electron chi connectivity index (χ0n) is 7.49. The highest BCUT2D eigenvalue weighted by Gasteiger charge is 2.12. The first kappa shape index (κ1) is 9.77. The third kappa shape index (κ3) is 8.77. The summed E-state index contributed by atoms with van der Waals surface area (Å²) in [5.41, 5.74) is 0.594. The third-order valence-electron chi connectivity index (χ3n) is 1.47. The average molecular weight is 139 g/mol. The lowest BCUT2D eigenvalue weighted by atomic mass is 10.0. The summed E-state index contributed by atoms with van der Waals surface area (Å²) in [4.78, 5) is 0. The fourth-order valence-corrected chi connectivity index (χ4v) is 2.17. The van der Waals surface area contributed by atoms with Gasteiger partial charge in [0.1, 0.15) is 0 Å². The summed E-state index contributed by atoms with van der Waals surface area (Å²) in [6.45, 7) is 11.7. The maximum absolute atomic E-state index is 2.35. The summed E-state index contributed by atoms with van der Waals surface area (Å²) >= 11 is 0.242. The summed E-state index contributed by atoms with van der Waals surface area (Å²) in [6.07, 6.45) is 0. The molecule has 0 aromatic rings. The van der Waals surface area contributed by atoms with Crippen molar-refractivity contribution in [2.75, 3.05) is 0 Å². The van der Waals surface area contributed by atoms with Crippen molar-refractivity contribution in [3.8, 4) is 0 Å². The predicted molar refractivity (Wildman–Crippen MR) is 45.1 cm³/mol. The van der Waals surface area contributed by atoms with Gasteiger partial charge in [-0.15, -0.1) is 8.60 Å². The van der Waals surface area contributed by atoms with Gasteiger partial charge in [-0.25, -0.2) is 0 Å². The molecule has 0 saturated heterocycles. The van der Waals surface area contributed by atoms with Crippen LogP contribution in [0, 0.1) is 5.41 Å². The van der Waals surface area contributed by atoms with Crippen LogP contribution >= 0.6 is 0 Å². The third-order valence-corrected chi connectivity index (χ3v) is 4.42. The van der Waals surface area contributed by atoms with Crippen molar-refractivity contribution in [1.82, 2.24) is 0 Å². The molecule has 0 heterocycles. The minimum absolute atomic E-state index is 0.242. The Kier molecular flexibility index (Phi) is 4.14. The van der Waals surface area contributed by atoms with Crippen LogP contribution in [0.4, 0.5) is 0 Å². The average Bonchev–Trinajstić information content (AvgIpc) is 1.59. The Bertz CT molecular complexity index is 69.1. The Balaban J connectivity index is 3.28. The Hall–Kier alpha value is 0.766. The molecule has 0 aromatic heterocycles. The lowest BCUT2D eigenvalue weighted by Gasteiger charge is -2.18. The Labute approximate surface area is 69.1 Å². The molecule has 9 heavy (non-hydrogen) atoms. The van der Waals surface area contributed by atoms with Gasteiger partial charge in [-0.05, 0) is 0 Å². The molecule has 0 atom stereocenters. The predicted octanol–water partition coefficient (Wildman–Crippen LogP) is 2.98. The molecule has 0 aromatic carbocycles. The first-order valence-corrected chi connectivity index (χ1v) is 5.73. The van der Waals surface area contributed by atoms with Gasteiger partial charge in [0.05, 0.1) is 0 Å². The molecule has 0 aliphatic heterocycles. The van der Waals surface area contributed by atoms with Gasteiger partial charge in [0.25, 0.3) is 0 Å². The van der Waals surface area contributed by atoms with Crippen LogP contribution in [0.3, 0.4) is 0 Å². The minimum Gasteiger partial charge on any atom is -0.141 e. The van der Waals surface area contributed by atoms with Crippen molar-refractivity contribution in [1.29, 1.82) is 0 Å². The van der Waals surface area contributed by atoms with E-state index < -0.39 is 0 Å². The normalized spacial score (nSPS) is 11.8. The molecule has 0 spiro atoms. The van der Waals surface area contributed by atoms with E-state index in [2.05, 4.69) is 34.6 Å². The van der Waals surface area contributed by atoms with E-state index in [1.54, 1.807) is 0 Å². The number of hydrogen-bond acceptors (Lipinski definition) is 0. The Morgan fingerprint density at radius 3 is 1.78 bits per heavy atom. The van der Waals surface area contributed by atoms with Crippen LogP contribution in [0.25, 0.3) is 0 Å². The largest absolute Gasteiger partial charge is 0.368 e. The number of hydrogen-bond donors (Lipinski definition) is 0. The smallest absolute Gasteiger partial charge is 0.141 e.